The molecule has 0 amide bonds. The Morgan fingerprint density at radius 2 is 2.07 bits per heavy atom. The van der Waals surface area contributed by atoms with Gasteiger partial charge in [-0.1, -0.05) is 32.4 Å². The van der Waals surface area contributed by atoms with Crippen molar-refractivity contribution in [1.29, 1.82) is 0 Å². The van der Waals surface area contributed by atoms with Crippen molar-refractivity contribution in [2.24, 2.45) is 5.41 Å². The summed E-state index contributed by atoms with van der Waals surface area (Å²) < 4.78 is 0. The molecule has 0 aromatic carbocycles. The molecule has 0 aromatic rings. The van der Waals surface area contributed by atoms with E-state index in [0.717, 1.165) is 0 Å². The summed E-state index contributed by atoms with van der Waals surface area (Å²) in [5.74, 6) is 0. The van der Waals surface area contributed by atoms with E-state index in [2.05, 4.69) is 39.2 Å². The van der Waals surface area contributed by atoms with Gasteiger partial charge in [-0.25, -0.2) is 0 Å². The van der Waals surface area contributed by atoms with Gasteiger partial charge in [0.25, 0.3) is 0 Å². The maximum absolute atomic E-state index is 3.45. The lowest BCUT2D eigenvalue weighted by molar-refractivity contribution is 0.277. The van der Waals surface area contributed by atoms with Gasteiger partial charge < -0.3 is 5.32 Å². The molecule has 0 aromatic heterocycles. The van der Waals surface area contributed by atoms with Gasteiger partial charge >= 0.3 is 0 Å². The van der Waals surface area contributed by atoms with E-state index < -0.39 is 0 Å². The van der Waals surface area contributed by atoms with Crippen molar-refractivity contribution >= 4 is 0 Å². The molecular formula is C13H25N. The number of rotatable bonds is 3. The molecule has 0 spiro atoms. The number of nitrogens with one attached hydrogen (secondary N) is 1. The highest BCUT2D eigenvalue weighted by molar-refractivity contribution is 5.08. The molecule has 1 rings (SSSR count). The molecule has 1 N–H and O–H groups in total. The molecule has 0 saturated carbocycles. The lowest BCUT2D eigenvalue weighted by Crippen LogP contribution is -2.38. The maximum Gasteiger partial charge on any atom is 0.0150 e. The molecule has 1 atom stereocenters. The van der Waals surface area contributed by atoms with Crippen LogP contribution in [-0.4, -0.2) is 13.1 Å². The molecule has 82 valence electrons. The van der Waals surface area contributed by atoms with E-state index >= 15 is 0 Å². The van der Waals surface area contributed by atoms with Crippen molar-refractivity contribution < 1.29 is 0 Å². The Bertz CT molecular complexity index is 198. The second kappa shape index (κ2) is 4.97. The minimum atomic E-state index is 0.368. The fourth-order valence-electron chi connectivity index (χ4n) is 2.19. The largest absolute Gasteiger partial charge is 0.316 e. The summed E-state index contributed by atoms with van der Waals surface area (Å²) in [7, 11) is 2.08. The molecule has 1 unspecified atom stereocenters. The van der Waals surface area contributed by atoms with E-state index in [4.69, 9.17) is 0 Å². The zero-order chi connectivity index (χ0) is 10.6. The molecule has 1 aliphatic rings. The van der Waals surface area contributed by atoms with Crippen LogP contribution in [0, 0.1) is 5.41 Å². The van der Waals surface area contributed by atoms with Crippen molar-refractivity contribution in [2.75, 3.05) is 7.05 Å². The molecule has 1 nitrogen and oxygen atoms in total. The molecule has 0 bridgehead atoms. The van der Waals surface area contributed by atoms with Crippen molar-refractivity contribution in [3.05, 3.63) is 11.6 Å². The number of allylic oxidation sites excluding steroid dienone is 1. The van der Waals surface area contributed by atoms with E-state index in [0.29, 0.717) is 11.5 Å². The first-order valence-electron chi connectivity index (χ1n) is 5.89. The monoisotopic (exact) mass is 195 g/mol. The molecule has 14 heavy (non-hydrogen) atoms. The van der Waals surface area contributed by atoms with Crippen LogP contribution < -0.4 is 5.32 Å². The molecule has 0 heterocycles. The Hall–Kier alpha value is -0.300. The first-order valence-corrected chi connectivity index (χ1v) is 5.89. The summed E-state index contributed by atoms with van der Waals surface area (Å²) in [5.41, 5.74) is 2.04. The predicted octanol–water partition coefficient (Wildman–Crippen LogP) is 3.51. The van der Waals surface area contributed by atoms with Gasteiger partial charge in [0.15, 0.2) is 0 Å². The van der Waals surface area contributed by atoms with Gasteiger partial charge in [0, 0.05) is 6.04 Å². The van der Waals surface area contributed by atoms with Gasteiger partial charge in [0.2, 0.25) is 0 Å². The Morgan fingerprint density at radius 1 is 1.36 bits per heavy atom. The second-order valence-electron chi connectivity index (χ2n) is 5.52. The Labute approximate surface area is 89.0 Å². The fraction of sp³-hybridized carbons (Fsp3) is 0.846. The SMILES string of the molecule is CNC(CC1=CCCCC1)C(C)(C)C. The van der Waals surface area contributed by atoms with Gasteiger partial charge in [-0.05, 0) is 44.6 Å². The molecule has 0 radical (unpaired) electrons. The van der Waals surface area contributed by atoms with Gasteiger partial charge in [0.1, 0.15) is 0 Å². The highest BCUT2D eigenvalue weighted by Gasteiger charge is 2.23. The van der Waals surface area contributed by atoms with Crippen LogP contribution in [0.3, 0.4) is 0 Å². The molecule has 0 saturated heterocycles. The molecule has 1 heteroatoms. The normalized spacial score (nSPS) is 20.4. The lowest BCUT2D eigenvalue weighted by atomic mass is 9.81. The molecule has 0 fully saturated rings. The topological polar surface area (TPSA) is 12.0 Å². The zero-order valence-corrected chi connectivity index (χ0v) is 10.2. The third-order valence-electron chi connectivity index (χ3n) is 3.25. The van der Waals surface area contributed by atoms with E-state index in [-0.39, 0.29) is 0 Å². The zero-order valence-electron chi connectivity index (χ0n) is 10.2. The predicted molar refractivity (Wildman–Crippen MR) is 63.5 cm³/mol. The second-order valence-corrected chi connectivity index (χ2v) is 5.52. The van der Waals surface area contributed by atoms with Gasteiger partial charge in [-0.2, -0.15) is 0 Å². The van der Waals surface area contributed by atoms with E-state index in [1.165, 1.54) is 32.1 Å². The van der Waals surface area contributed by atoms with Crippen molar-refractivity contribution in [2.45, 2.75) is 58.9 Å². The summed E-state index contributed by atoms with van der Waals surface area (Å²) in [5, 5.41) is 3.45. The lowest BCUT2D eigenvalue weighted by Gasteiger charge is -2.32. The molecule has 1 aliphatic carbocycles. The Balaban J connectivity index is 2.51. The van der Waals surface area contributed by atoms with E-state index in [9.17, 15) is 0 Å². The third-order valence-corrected chi connectivity index (χ3v) is 3.25. The third kappa shape index (κ3) is 3.45. The summed E-state index contributed by atoms with van der Waals surface area (Å²) in [6.07, 6.45) is 9.11. The van der Waals surface area contributed by atoms with Crippen molar-refractivity contribution in [3.8, 4) is 0 Å². The van der Waals surface area contributed by atoms with Crippen LogP contribution in [-0.2, 0) is 0 Å². The van der Waals surface area contributed by atoms with Crippen LogP contribution in [0.2, 0.25) is 0 Å². The van der Waals surface area contributed by atoms with Crippen LogP contribution in [0.1, 0.15) is 52.9 Å². The van der Waals surface area contributed by atoms with Crippen LogP contribution >= 0.6 is 0 Å². The van der Waals surface area contributed by atoms with Crippen LogP contribution in [0.5, 0.6) is 0 Å². The Kier molecular flexibility index (Phi) is 4.18. The van der Waals surface area contributed by atoms with Gasteiger partial charge in [-0.3, -0.25) is 0 Å². The minimum Gasteiger partial charge on any atom is -0.316 e. The maximum atomic E-state index is 3.45. The summed E-state index contributed by atoms with van der Waals surface area (Å²) in [4.78, 5) is 0. The van der Waals surface area contributed by atoms with Crippen molar-refractivity contribution in [3.63, 3.8) is 0 Å². The van der Waals surface area contributed by atoms with Crippen LogP contribution in [0.4, 0.5) is 0 Å². The van der Waals surface area contributed by atoms with Gasteiger partial charge in [0.05, 0.1) is 0 Å². The number of hydrogen-bond acceptors (Lipinski definition) is 1. The fourth-order valence-corrected chi connectivity index (χ4v) is 2.19. The van der Waals surface area contributed by atoms with E-state index in [1.807, 2.05) is 0 Å². The van der Waals surface area contributed by atoms with Gasteiger partial charge in [-0.15, -0.1) is 0 Å². The first kappa shape index (κ1) is 11.8. The minimum absolute atomic E-state index is 0.368. The summed E-state index contributed by atoms with van der Waals surface area (Å²) >= 11 is 0. The molecule has 0 aliphatic heterocycles. The highest BCUT2D eigenvalue weighted by atomic mass is 14.9. The average molecular weight is 195 g/mol. The summed E-state index contributed by atoms with van der Waals surface area (Å²) in [6.45, 7) is 6.95. The first-order chi connectivity index (χ1) is 6.54. The average Bonchev–Trinajstić information content (AvgIpc) is 2.14. The highest BCUT2D eigenvalue weighted by Crippen LogP contribution is 2.28. The van der Waals surface area contributed by atoms with E-state index in [1.54, 1.807) is 5.57 Å². The smallest absolute Gasteiger partial charge is 0.0150 e. The summed E-state index contributed by atoms with van der Waals surface area (Å²) in [6, 6.07) is 0.617. The Morgan fingerprint density at radius 3 is 2.50 bits per heavy atom. The standard InChI is InChI=1S/C13H25N/c1-13(2,3)12(14-4)10-11-8-6-5-7-9-11/h8,12,14H,5-7,9-10H2,1-4H3. The quantitative estimate of drug-likeness (QED) is 0.680. The molecular weight excluding hydrogens is 170 g/mol. The van der Waals surface area contributed by atoms with Crippen LogP contribution in [0.25, 0.3) is 0 Å². The van der Waals surface area contributed by atoms with Crippen LogP contribution in [0.15, 0.2) is 11.6 Å². The number of hydrogen-bond donors (Lipinski definition) is 1. The van der Waals surface area contributed by atoms with Crippen molar-refractivity contribution in [1.82, 2.24) is 5.32 Å².